The minimum absolute atomic E-state index is 0.0272. The van der Waals surface area contributed by atoms with E-state index in [1.165, 1.54) is 11.9 Å². The molecule has 2 heterocycles. The van der Waals surface area contributed by atoms with Crippen LogP contribution in [0, 0.1) is 0 Å². The molecule has 0 spiro atoms. The Morgan fingerprint density at radius 1 is 1.03 bits per heavy atom. The molecule has 146 valence electrons. The molecular weight excluding hydrogens is 396 g/mol. The number of aromatic nitrogens is 2. The van der Waals surface area contributed by atoms with Gasteiger partial charge in [-0.3, -0.25) is 19.3 Å². The van der Waals surface area contributed by atoms with Gasteiger partial charge in [0.25, 0.3) is 11.8 Å². The van der Waals surface area contributed by atoms with Gasteiger partial charge < -0.3 is 9.42 Å². The number of carbonyl (C=O) groups is 3. The summed E-state index contributed by atoms with van der Waals surface area (Å²) in [4.78, 5) is 43.8. The van der Waals surface area contributed by atoms with Crippen LogP contribution >= 0.6 is 11.6 Å². The molecule has 29 heavy (non-hydrogen) atoms. The lowest BCUT2D eigenvalue weighted by atomic mass is 10.1. The van der Waals surface area contributed by atoms with Gasteiger partial charge in [-0.15, -0.1) is 0 Å². The van der Waals surface area contributed by atoms with Gasteiger partial charge in [-0.1, -0.05) is 41.0 Å². The molecule has 3 aromatic rings. The summed E-state index contributed by atoms with van der Waals surface area (Å²) in [5, 5.41) is 4.37. The largest absolute Gasteiger partial charge is 0.337 e. The van der Waals surface area contributed by atoms with Crippen molar-refractivity contribution in [3.8, 4) is 11.4 Å². The molecule has 8 nitrogen and oxygen atoms in total. The molecule has 1 aliphatic heterocycles. The Balaban J connectivity index is 1.43. The predicted octanol–water partition coefficient (Wildman–Crippen LogP) is 2.64. The molecule has 0 unspecified atom stereocenters. The van der Waals surface area contributed by atoms with Crippen LogP contribution < -0.4 is 0 Å². The predicted molar refractivity (Wildman–Crippen MR) is 103 cm³/mol. The fourth-order valence-corrected chi connectivity index (χ4v) is 3.22. The Hall–Kier alpha value is -3.52. The van der Waals surface area contributed by atoms with Crippen LogP contribution in [0.5, 0.6) is 0 Å². The normalized spacial score (nSPS) is 13.0. The molecule has 0 bridgehead atoms. The van der Waals surface area contributed by atoms with Crippen LogP contribution in [0.25, 0.3) is 11.4 Å². The highest BCUT2D eigenvalue weighted by Crippen LogP contribution is 2.25. The monoisotopic (exact) mass is 410 g/mol. The molecular formula is C20H15ClN4O4. The standard InChI is InChI=1S/C20H15ClN4O4/c1-24(10-16-22-18(23-29-16)14-8-4-5-9-15(14)21)17(26)11-25-19(27)12-6-2-3-7-13(12)20(25)28/h2-9H,10-11H2,1H3. The Morgan fingerprint density at radius 2 is 1.62 bits per heavy atom. The second-order valence-electron chi connectivity index (χ2n) is 6.48. The highest BCUT2D eigenvalue weighted by atomic mass is 35.5. The summed E-state index contributed by atoms with van der Waals surface area (Å²) < 4.78 is 5.20. The number of hydrogen-bond acceptors (Lipinski definition) is 6. The first-order valence-corrected chi connectivity index (χ1v) is 9.10. The second kappa shape index (κ2) is 7.48. The summed E-state index contributed by atoms with van der Waals surface area (Å²) in [5.74, 6) is -0.876. The maximum atomic E-state index is 12.5. The van der Waals surface area contributed by atoms with Crippen LogP contribution in [0.3, 0.4) is 0 Å². The first kappa shape index (κ1) is 18.8. The molecule has 3 amide bonds. The van der Waals surface area contributed by atoms with Gasteiger partial charge in [0.05, 0.1) is 22.7 Å². The minimum Gasteiger partial charge on any atom is -0.337 e. The topological polar surface area (TPSA) is 96.6 Å². The van der Waals surface area contributed by atoms with Crippen LogP contribution in [-0.2, 0) is 11.3 Å². The van der Waals surface area contributed by atoms with Crippen LogP contribution in [0.15, 0.2) is 53.1 Å². The van der Waals surface area contributed by atoms with Gasteiger partial charge in [-0.05, 0) is 24.3 Å². The van der Waals surface area contributed by atoms with Crippen LogP contribution in [0.2, 0.25) is 5.02 Å². The fourth-order valence-electron chi connectivity index (χ4n) is 3.00. The van der Waals surface area contributed by atoms with Crippen molar-refractivity contribution in [1.29, 1.82) is 0 Å². The van der Waals surface area contributed by atoms with E-state index in [1.54, 1.807) is 48.5 Å². The molecule has 1 aliphatic rings. The zero-order chi connectivity index (χ0) is 20.5. The molecule has 0 atom stereocenters. The van der Waals surface area contributed by atoms with Crippen molar-refractivity contribution < 1.29 is 18.9 Å². The van der Waals surface area contributed by atoms with Gasteiger partial charge in [-0.25, -0.2) is 0 Å². The van der Waals surface area contributed by atoms with E-state index in [0.29, 0.717) is 27.5 Å². The van der Waals surface area contributed by atoms with Crippen molar-refractivity contribution in [2.75, 3.05) is 13.6 Å². The lowest BCUT2D eigenvalue weighted by Crippen LogP contribution is -2.41. The average Bonchev–Trinajstić information content (AvgIpc) is 3.27. The van der Waals surface area contributed by atoms with Crippen LogP contribution in [0.4, 0.5) is 0 Å². The summed E-state index contributed by atoms with van der Waals surface area (Å²) in [7, 11) is 1.53. The van der Waals surface area contributed by atoms with E-state index in [-0.39, 0.29) is 19.0 Å². The molecule has 0 saturated carbocycles. The first-order valence-electron chi connectivity index (χ1n) is 8.72. The molecule has 0 radical (unpaired) electrons. The average molecular weight is 411 g/mol. The number of halogens is 1. The van der Waals surface area contributed by atoms with Crippen molar-refractivity contribution in [2.45, 2.75) is 6.54 Å². The van der Waals surface area contributed by atoms with E-state index in [9.17, 15) is 14.4 Å². The molecule has 9 heteroatoms. The van der Waals surface area contributed by atoms with Crippen molar-refractivity contribution >= 4 is 29.3 Å². The third-order valence-corrected chi connectivity index (χ3v) is 4.88. The number of amides is 3. The van der Waals surface area contributed by atoms with E-state index in [1.807, 2.05) is 0 Å². The molecule has 2 aromatic carbocycles. The number of carbonyl (C=O) groups excluding carboxylic acids is 3. The van der Waals surface area contributed by atoms with Gasteiger partial charge in [0.2, 0.25) is 17.6 Å². The van der Waals surface area contributed by atoms with Gasteiger partial charge in [0, 0.05) is 12.6 Å². The summed E-state index contributed by atoms with van der Waals surface area (Å²) in [6.45, 7) is -0.339. The van der Waals surface area contributed by atoms with Crippen molar-refractivity contribution in [3.05, 3.63) is 70.6 Å². The number of benzene rings is 2. The summed E-state index contributed by atoms with van der Waals surface area (Å²) in [5.41, 5.74) is 1.22. The third kappa shape index (κ3) is 3.50. The highest BCUT2D eigenvalue weighted by molar-refractivity contribution is 6.33. The van der Waals surface area contributed by atoms with Gasteiger partial charge in [0.15, 0.2) is 0 Å². The zero-order valence-corrected chi connectivity index (χ0v) is 16.1. The molecule has 0 N–H and O–H groups in total. The SMILES string of the molecule is CN(Cc1nc(-c2ccccc2Cl)no1)C(=O)CN1C(=O)c2ccccc2C1=O. The highest BCUT2D eigenvalue weighted by Gasteiger charge is 2.36. The third-order valence-electron chi connectivity index (χ3n) is 4.55. The summed E-state index contributed by atoms with van der Waals surface area (Å²) >= 11 is 6.13. The maximum Gasteiger partial charge on any atom is 0.262 e. The van der Waals surface area contributed by atoms with E-state index in [2.05, 4.69) is 10.1 Å². The van der Waals surface area contributed by atoms with Crippen molar-refractivity contribution in [2.24, 2.45) is 0 Å². The lowest BCUT2D eigenvalue weighted by Gasteiger charge is -2.19. The second-order valence-corrected chi connectivity index (χ2v) is 6.89. The lowest BCUT2D eigenvalue weighted by molar-refractivity contribution is -0.131. The Kier molecular flexibility index (Phi) is 4.85. The van der Waals surface area contributed by atoms with Gasteiger partial charge in [0.1, 0.15) is 6.54 Å². The number of likely N-dealkylation sites (N-methyl/N-ethyl adjacent to an activating group) is 1. The minimum atomic E-state index is -0.480. The molecule has 0 fully saturated rings. The fraction of sp³-hybridized carbons (Fsp3) is 0.150. The quantitative estimate of drug-likeness (QED) is 0.600. The van der Waals surface area contributed by atoms with E-state index >= 15 is 0 Å². The van der Waals surface area contributed by atoms with E-state index in [0.717, 1.165) is 4.90 Å². The number of fused-ring (bicyclic) bond motifs is 1. The van der Waals surface area contributed by atoms with Crippen LogP contribution in [0.1, 0.15) is 26.6 Å². The number of hydrogen-bond donors (Lipinski definition) is 0. The zero-order valence-electron chi connectivity index (χ0n) is 15.3. The number of nitrogens with zero attached hydrogens (tertiary/aromatic N) is 4. The summed E-state index contributed by atoms with van der Waals surface area (Å²) in [6, 6.07) is 13.5. The molecule has 0 aliphatic carbocycles. The number of imide groups is 1. The van der Waals surface area contributed by atoms with Crippen molar-refractivity contribution in [3.63, 3.8) is 0 Å². The molecule has 0 saturated heterocycles. The van der Waals surface area contributed by atoms with Crippen molar-refractivity contribution in [1.82, 2.24) is 19.9 Å². The van der Waals surface area contributed by atoms with E-state index in [4.69, 9.17) is 16.1 Å². The van der Waals surface area contributed by atoms with E-state index < -0.39 is 17.7 Å². The Morgan fingerprint density at radius 3 is 2.24 bits per heavy atom. The molecule has 1 aromatic heterocycles. The maximum absolute atomic E-state index is 12.5. The van der Waals surface area contributed by atoms with Gasteiger partial charge >= 0.3 is 0 Å². The van der Waals surface area contributed by atoms with Gasteiger partial charge in [-0.2, -0.15) is 4.98 Å². The Labute approximate surface area is 170 Å². The number of rotatable bonds is 5. The smallest absolute Gasteiger partial charge is 0.262 e. The Bertz CT molecular complexity index is 1090. The summed E-state index contributed by atoms with van der Waals surface area (Å²) in [6.07, 6.45) is 0. The molecule has 4 rings (SSSR count). The first-order chi connectivity index (χ1) is 14.0. The van der Waals surface area contributed by atoms with Crippen LogP contribution in [-0.4, -0.2) is 51.3 Å².